The fraction of sp³-hybridized carbons (Fsp3) is 0.423. The number of fused-ring (bicyclic) bond motifs is 1. The summed E-state index contributed by atoms with van der Waals surface area (Å²) in [6, 6.07) is 12.7. The molecule has 2 aromatic carbocycles. The first-order valence-electron chi connectivity index (χ1n) is 11.8. The van der Waals surface area contributed by atoms with Crippen LogP contribution in [0.25, 0.3) is 0 Å². The summed E-state index contributed by atoms with van der Waals surface area (Å²) in [7, 11) is 1.86. The summed E-state index contributed by atoms with van der Waals surface area (Å²) in [5.41, 5.74) is 1.19. The molecule has 0 aromatic heterocycles. The molecule has 2 amide bonds. The van der Waals surface area contributed by atoms with Gasteiger partial charge in [-0.25, -0.2) is 4.79 Å². The molecular weight excluding hydrogens is 468 g/mol. The van der Waals surface area contributed by atoms with Crippen molar-refractivity contribution in [2.75, 3.05) is 26.2 Å². The number of carbonyl (C=O) groups is 3. The van der Waals surface area contributed by atoms with E-state index in [9.17, 15) is 14.4 Å². The molecule has 35 heavy (non-hydrogen) atoms. The van der Waals surface area contributed by atoms with Crippen molar-refractivity contribution in [2.24, 2.45) is 0 Å². The fourth-order valence-corrected chi connectivity index (χ4v) is 5.15. The Hall–Kier alpha value is -3.20. The maximum absolute atomic E-state index is 12.7. The number of amides is 2. The summed E-state index contributed by atoms with van der Waals surface area (Å²) in [4.78, 5) is 40.1. The van der Waals surface area contributed by atoms with Gasteiger partial charge in [-0.2, -0.15) is 0 Å². The first-order valence-corrected chi connectivity index (χ1v) is 12.8. The normalized spacial score (nSPS) is 14.9. The average Bonchev–Trinajstić information content (AvgIpc) is 3.37. The molecule has 0 bridgehead atoms. The van der Waals surface area contributed by atoms with Crippen LogP contribution in [0.5, 0.6) is 11.5 Å². The Kier molecular flexibility index (Phi) is 8.52. The molecule has 0 atom stereocenters. The molecule has 0 saturated heterocycles. The van der Waals surface area contributed by atoms with Gasteiger partial charge in [0.05, 0.1) is 11.3 Å². The van der Waals surface area contributed by atoms with Gasteiger partial charge >= 0.3 is 5.97 Å². The Morgan fingerprint density at radius 2 is 1.83 bits per heavy atom. The van der Waals surface area contributed by atoms with Crippen molar-refractivity contribution < 1.29 is 28.6 Å². The summed E-state index contributed by atoms with van der Waals surface area (Å²) in [5, 5.41) is 2.73. The van der Waals surface area contributed by atoms with E-state index >= 15 is 0 Å². The van der Waals surface area contributed by atoms with Crippen LogP contribution in [0.4, 0.5) is 0 Å². The zero-order valence-electron chi connectivity index (χ0n) is 19.8. The average molecular weight is 499 g/mol. The Morgan fingerprint density at radius 3 is 2.66 bits per heavy atom. The molecule has 186 valence electrons. The van der Waals surface area contributed by atoms with E-state index in [-0.39, 0.29) is 25.0 Å². The van der Waals surface area contributed by atoms with E-state index in [0.29, 0.717) is 28.0 Å². The second-order valence-corrected chi connectivity index (χ2v) is 9.64. The number of nitrogens with one attached hydrogen (secondary N) is 1. The molecule has 1 N–H and O–H groups in total. The minimum absolute atomic E-state index is 0.0490. The monoisotopic (exact) mass is 498 g/mol. The van der Waals surface area contributed by atoms with Crippen molar-refractivity contribution in [3.63, 3.8) is 0 Å². The van der Waals surface area contributed by atoms with Gasteiger partial charge in [0.15, 0.2) is 18.1 Å². The number of ether oxygens (including phenoxy) is 3. The highest BCUT2D eigenvalue weighted by Crippen LogP contribution is 2.32. The molecule has 1 aliphatic heterocycles. The second kappa shape index (κ2) is 12.0. The van der Waals surface area contributed by atoms with Crippen molar-refractivity contribution in [3.8, 4) is 11.5 Å². The Balaban J connectivity index is 1.24. The number of thioether (sulfide) groups is 1. The molecule has 8 nitrogen and oxygen atoms in total. The molecule has 0 spiro atoms. The largest absolute Gasteiger partial charge is 0.454 e. The maximum Gasteiger partial charge on any atom is 0.339 e. The zero-order chi connectivity index (χ0) is 24.6. The van der Waals surface area contributed by atoms with Gasteiger partial charge in [-0.05, 0) is 42.7 Å². The van der Waals surface area contributed by atoms with Crippen molar-refractivity contribution in [1.29, 1.82) is 0 Å². The van der Waals surface area contributed by atoms with Crippen LogP contribution in [0.3, 0.4) is 0 Å². The van der Waals surface area contributed by atoms with Crippen molar-refractivity contribution in [2.45, 2.75) is 49.6 Å². The maximum atomic E-state index is 12.7. The summed E-state index contributed by atoms with van der Waals surface area (Å²) in [6.07, 6.45) is 5.65. The minimum Gasteiger partial charge on any atom is -0.454 e. The van der Waals surface area contributed by atoms with Gasteiger partial charge in [0.1, 0.15) is 0 Å². The first kappa shape index (κ1) is 24.9. The van der Waals surface area contributed by atoms with E-state index in [1.54, 1.807) is 30.3 Å². The van der Waals surface area contributed by atoms with E-state index in [2.05, 4.69) is 5.32 Å². The lowest BCUT2D eigenvalue weighted by molar-refractivity contribution is -0.129. The van der Waals surface area contributed by atoms with Gasteiger partial charge in [0.25, 0.3) is 5.91 Å². The van der Waals surface area contributed by atoms with Crippen LogP contribution in [-0.2, 0) is 20.9 Å². The summed E-state index contributed by atoms with van der Waals surface area (Å²) >= 11 is 1.31. The van der Waals surface area contributed by atoms with Crippen LogP contribution in [0.2, 0.25) is 0 Å². The molecule has 2 aromatic rings. The van der Waals surface area contributed by atoms with Gasteiger partial charge < -0.3 is 24.4 Å². The molecule has 2 aliphatic rings. The minimum atomic E-state index is -0.598. The highest BCUT2D eigenvalue weighted by atomic mass is 32.2. The predicted molar refractivity (Wildman–Crippen MR) is 132 cm³/mol. The SMILES string of the molecule is CN(C(=O)CSc1ccccc1C(=O)OCC(=O)NCc1ccc2c(c1)OCO2)C1CCCCC1. The van der Waals surface area contributed by atoms with E-state index in [1.165, 1.54) is 18.2 Å². The molecular formula is C26H30N2O6S. The molecule has 1 aliphatic carbocycles. The number of benzene rings is 2. The van der Waals surface area contributed by atoms with Gasteiger partial charge in [0.2, 0.25) is 12.7 Å². The molecule has 0 unspecified atom stereocenters. The summed E-state index contributed by atoms with van der Waals surface area (Å²) < 4.78 is 15.8. The van der Waals surface area contributed by atoms with E-state index < -0.39 is 18.5 Å². The third-order valence-corrected chi connectivity index (χ3v) is 7.29. The molecule has 4 rings (SSSR count). The Morgan fingerprint density at radius 1 is 1.06 bits per heavy atom. The fourth-order valence-electron chi connectivity index (χ4n) is 4.19. The number of carbonyl (C=O) groups excluding carboxylic acids is 3. The predicted octanol–water partition coefficient (Wildman–Crippen LogP) is 3.77. The lowest BCUT2D eigenvalue weighted by atomic mass is 9.94. The van der Waals surface area contributed by atoms with Crippen LogP contribution in [-0.4, -0.2) is 54.9 Å². The standard InChI is InChI=1S/C26H30N2O6S/c1-28(19-7-3-2-4-8-19)25(30)16-35-23-10-6-5-9-20(23)26(31)32-15-24(29)27-14-18-11-12-21-22(13-18)34-17-33-21/h5-6,9-13,19H,2-4,7-8,14-17H2,1H3,(H,27,29). The van der Waals surface area contributed by atoms with Gasteiger partial charge in [-0.15, -0.1) is 11.8 Å². The van der Waals surface area contributed by atoms with E-state index in [1.807, 2.05) is 24.1 Å². The zero-order valence-corrected chi connectivity index (χ0v) is 20.6. The first-order chi connectivity index (χ1) is 17.0. The van der Waals surface area contributed by atoms with Crippen molar-refractivity contribution in [1.82, 2.24) is 10.2 Å². The highest BCUT2D eigenvalue weighted by molar-refractivity contribution is 8.00. The number of esters is 1. The molecule has 1 fully saturated rings. The quantitative estimate of drug-likeness (QED) is 0.415. The Labute approximate surface area is 209 Å². The molecule has 1 heterocycles. The van der Waals surface area contributed by atoms with Crippen LogP contribution < -0.4 is 14.8 Å². The molecule has 0 radical (unpaired) electrons. The second-order valence-electron chi connectivity index (χ2n) is 8.62. The number of rotatable bonds is 9. The van der Waals surface area contributed by atoms with E-state index in [4.69, 9.17) is 14.2 Å². The Bertz CT molecular complexity index is 1070. The van der Waals surface area contributed by atoms with Crippen molar-refractivity contribution >= 4 is 29.5 Å². The summed E-state index contributed by atoms with van der Waals surface area (Å²) in [5.74, 6) is 0.597. The summed E-state index contributed by atoms with van der Waals surface area (Å²) in [6.45, 7) is 0.0635. The molecule has 9 heteroatoms. The number of hydrogen-bond acceptors (Lipinski definition) is 7. The highest BCUT2D eigenvalue weighted by Gasteiger charge is 2.23. The lowest BCUT2D eigenvalue weighted by Crippen LogP contribution is -2.39. The van der Waals surface area contributed by atoms with Gasteiger partial charge in [-0.3, -0.25) is 9.59 Å². The smallest absolute Gasteiger partial charge is 0.339 e. The van der Waals surface area contributed by atoms with Crippen LogP contribution in [0.15, 0.2) is 47.4 Å². The van der Waals surface area contributed by atoms with Crippen molar-refractivity contribution in [3.05, 3.63) is 53.6 Å². The third-order valence-electron chi connectivity index (χ3n) is 6.23. The van der Waals surface area contributed by atoms with Gasteiger partial charge in [-0.1, -0.05) is 37.5 Å². The van der Waals surface area contributed by atoms with Crippen LogP contribution in [0, 0.1) is 0 Å². The lowest BCUT2D eigenvalue weighted by Gasteiger charge is -2.31. The van der Waals surface area contributed by atoms with Crippen LogP contribution >= 0.6 is 11.8 Å². The molecule has 1 saturated carbocycles. The number of hydrogen-bond donors (Lipinski definition) is 1. The van der Waals surface area contributed by atoms with Crippen LogP contribution in [0.1, 0.15) is 48.0 Å². The van der Waals surface area contributed by atoms with E-state index in [0.717, 1.165) is 31.2 Å². The van der Waals surface area contributed by atoms with Gasteiger partial charge in [0, 0.05) is 24.5 Å². The topological polar surface area (TPSA) is 94.2 Å². The number of nitrogens with zero attached hydrogens (tertiary/aromatic N) is 1. The third kappa shape index (κ3) is 6.69.